The molecule has 2 aliphatic heterocycles. The van der Waals surface area contributed by atoms with Crippen LogP contribution < -0.4 is 9.64 Å². The number of amides is 2. The highest BCUT2D eigenvalue weighted by atomic mass is 35.5. The summed E-state index contributed by atoms with van der Waals surface area (Å²) in [5.74, 6) is -1.15. The average molecular weight is 484 g/mol. The monoisotopic (exact) mass is 483 g/mol. The van der Waals surface area contributed by atoms with Crippen molar-refractivity contribution in [1.29, 1.82) is 0 Å². The summed E-state index contributed by atoms with van der Waals surface area (Å²) in [4.78, 5) is 39.5. The van der Waals surface area contributed by atoms with E-state index in [-0.39, 0.29) is 40.8 Å². The van der Waals surface area contributed by atoms with E-state index in [0.29, 0.717) is 22.9 Å². The van der Waals surface area contributed by atoms with Gasteiger partial charge in [-0.15, -0.1) is 0 Å². The van der Waals surface area contributed by atoms with Gasteiger partial charge in [0.15, 0.2) is 6.79 Å². The summed E-state index contributed by atoms with van der Waals surface area (Å²) in [5.41, 5.74) is 2.08. The third kappa shape index (κ3) is 3.84. The molecule has 0 bridgehead atoms. The number of hydrogen-bond acceptors (Lipinski definition) is 6. The third-order valence-corrected chi connectivity index (χ3v) is 5.86. The zero-order chi connectivity index (χ0) is 23.1. The number of halogens is 2. The van der Waals surface area contributed by atoms with Gasteiger partial charge < -0.3 is 14.2 Å². The fraction of sp³-hybridized carbons (Fsp3) is 0.125. The minimum absolute atomic E-state index is 0.0859. The van der Waals surface area contributed by atoms with Crippen molar-refractivity contribution in [3.05, 3.63) is 92.5 Å². The largest absolute Gasteiger partial charge is 0.467 e. The van der Waals surface area contributed by atoms with E-state index in [1.165, 1.54) is 18.2 Å². The Kier molecular flexibility index (Phi) is 5.54. The van der Waals surface area contributed by atoms with E-state index in [4.69, 9.17) is 37.4 Å². The van der Waals surface area contributed by atoms with Gasteiger partial charge in [-0.05, 0) is 42.5 Å². The normalized spacial score (nSPS) is 14.5. The first kappa shape index (κ1) is 21.5. The van der Waals surface area contributed by atoms with Gasteiger partial charge in [0.2, 0.25) is 0 Å². The number of esters is 1. The molecule has 0 fully saturated rings. The molecule has 2 heterocycles. The van der Waals surface area contributed by atoms with Gasteiger partial charge in [0, 0.05) is 16.1 Å². The highest BCUT2D eigenvalue weighted by Crippen LogP contribution is 2.34. The summed E-state index contributed by atoms with van der Waals surface area (Å²) in [6.07, 6.45) is 0. The van der Waals surface area contributed by atoms with Gasteiger partial charge >= 0.3 is 5.97 Å². The zero-order valence-corrected chi connectivity index (χ0v) is 18.5. The first-order valence-corrected chi connectivity index (χ1v) is 10.7. The van der Waals surface area contributed by atoms with Gasteiger partial charge in [-0.3, -0.25) is 9.59 Å². The Hall–Kier alpha value is -3.39. The average Bonchev–Trinajstić information content (AvgIpc) is 3.07. The number of carbonyl (C=O) groups excluding carboxylic acids is 3. The lowest BCUT2D eigenvalue weighted by Crippen LogP contribution is -2.29. The van der Waals surface area contributed by atoms with Crippen LogP contribution in [0, 0.1) is 0 Å². The van der Waals surface area contributed by atoms with E-state index in [9.17, 15) is 14.4 Å². The van der Waals surface area contributed by atoms with Crippen molar-refractivity contribution in [3.63, 3.8) is 0 Å². The maximum absolute atomic E-state index is 13.0. The van der Waals surface area contributed by atoms with E-state index in [1.807, 2.05) is 0 Å². The Morgan fingerprint density at radius 2 is 1.79 bits per heavy atom. The highest BCUT2D eigenvalue weighted by Gasteiger charge is 2.38. The van der Waals surface area contributed by atoms with Crippen molar-refractivity contribution in [1.82, 2.24) is 0 Å². The molecule has 7 nitrogen and oxygen atoms in total. The molecule has 2 amide bonds. The molecule has 0 unspecified atom stereocenters. The summed E-state index contributed by atoms with van der Waals surface area (Å²) < 4.78 is 16.2. The van der Waals surface area contributed by atoms with E-state index in [2.05, 4.69) is 0 Å². The molecule has 0 radical (unpaired) electrons. The van der Waals surface area contributed by atoms with E-state index < -0.39 is 17.8 Å². The van der Waals surface area contributed by atoms with Crippen molar-refractivity contribution in [2.24, 2.45) is 0 Å². The fourth-order valence-electron chi connectivity index (χ4n) is 3.81. The van der Waals surface area contributed by atoms with Crippen molar-refractivity contribution in [2.45, 2.75) is 13.2 Å². The number of benzene rings is 3. The van der Waals surface area contributed by atoms with E-state index in [1.54, 1.807) is 36.4 Å². The molecule has 5 rings (SSSR count). The molecule has 3 aromatic carbocycles. The van der Waals surface area contributed by atoms with Crippen molar-refractivity contribution >= 4 is 46.7 Å². The molecule has 2 aliphatic rings. The van der Waals surface area contributed by atoms with Crippen LogP contribution in [0.2, 0.25) is 10.0 Å². The molecule has 9 heteroatoms. The summed E-state index contributed by atoms with van der Waals surface area (Å²) in [7, 11) is 0. The van der Waals surface area contributed by atoms with Gasteiger partial charge in [-0.2, -0.15) is 0 Å². The first-order chi connectivity index (χ1) is 15.9. The van der Waals surface area contributed by atoms with Crippen LogP contribution in [0.25, 0.3) is 0 Å². The number of fused-ring (bicyclic) bond motifs is 2. The lowest BCUT2D eigenvalue weighted by atomic mass is 10.1. The number of imide groups is 1. The SMILES string of the molecule is O=C(OCc1cc(Cl)cc2c1OCOC2)c1ccc2c(c1)C(=O)N(c1ccccc1Cl)C2=O. The fourth-order valence-corrected chi connectivity index (χ4v) is 4.29. The molecule has 166 valence electrons. The standard InChI is InChI=1S/C24H15Cl2NO6/c25-16-7-14-10-31-12-33-21(14)15(8-16)11-32-24(30)13-5-6-17-18(9-13)23(29)27(22(17)28)20-4-2-1-3-19(20)26/h1-9H,10-12H2. The first-order valence-electron chi connectivity index (χ1n) is 9.90. The Bertz CT molecular complexity index is 1320. The molecule has 0 aliphatic carbocycles. The van der Waals surface area contributed by atoms with Gasteiger partial charge in [0.1, 0.15) is 12.4 Å². The molecule has 0 N–H and O–H groups in total. The number of hydrogen-bond donors (Lipinski definition) is 0. The Labute approximate surface area is 198 Å². The summed E-state index contributed by atoms with van der Waals surface area (Å²) in [6, 6.07) is 14.2. The molecule has 3 aromatic rings. The smallest absolute Gasteiger partial charge is 0.338 e. The van der Waals surface area contributed by atoms with Crippen LogP contribution in [0.15, 0.2) is 54.6 Å². The second-order valence-corrected chi connectivity index (χ2v) is 8.24. The molecule has 0 aromatic heterocycles. The van der Waals surface area contributed by atoms with Crippen molar-refractivity contribution in [3.8, 4) is 5.75 Å². The maximum Gasteiger partial charge on any atom is 0.338 e. The van der Waals surface area contributed by atoms with Crippen LogP contribution >= 0.6 is 23.2 Å². The third-order valence-electron chi connectivity index (χ3n) is 5.33. The Balaban J connectivity index is 1.37. The van der Waals surface area contributed by atoms with Crippen LogP contribution in [-0.2, 0) is 22.7 Å². The lowest BCUT2D eigenvalue weighted by Gasteiger charge is -2.21. The van der Waals surface area contributed by atoms with Crippen LogP contribution in [0.3, 0.4) is 0 Å². The molecule has 0 saturated carbocycles. The summed E-state index contributed by atoms with van der Waals surface area (Å²) in [5, 5.41) is 0.735. The lowest BCUT2D eigenvalue weighted by molar-refractivity contribution is -0.0180. The molecule has 33 heavy (non-hydrogen) atoms. The number of anilines is 1. The number of nitrogens with zero attached hydrogens (tertiary/aromatic N) is 1. The van der Waals surface area contributed by atoms with E-state index >= 15 is 0 Å². The van der Waals surface area contributed by atoms with Crippen LogP contribution in [0.4, 0.5) is 5.69 Å². The molecule has 0 atom stereocenters. The van der Waals surface area contributed by atoms with Crippen molar-refractivity contribution in [2.75, 3.05) is 11.7 Å². The number of para-hydroxylation sites is 1. The minimum Gasteiger partial charge on any atom is -0.467 e. The second kappa shape index (κ2) is 8.51. The zero-order valence-electron chi connectivity index (χ0n) is 17.0. The van der Waals surface area contributed by atoms with Crippen LogP contribution in [-0.4, -0.2) is 24.6 Å². The van der Waals surface area contributed by atoms with Gasteiger partial charge in [-0.25, -0.2) is 9.69 Å². The maximum atomic E-state index is 13.0. The Morgan fingerprint density at radius 1 is 1.00 bits per heavy atom. The van der Waals surface area contributed by atoms with Gasteiger partial charge in [0.25, 0.3) is 11.8 Å². The van der Waals surface area contributed by atoms with Gasteiger partial charge in [0.05, 0.1) is 34.0 Å². The highest BCUT2D eigenvalue weighted by molar-refractivity contribution is 6.39. The number of carbonyl (C=O) groups is 3. The summed E-state index contributed by atoms with van der Waals surface area (Å²) >= 11 is 12.3. The predicted octanol–water partition coefficient (Wildman–Crippen LogP) is 5.02. The second-order valence-electron chi connectivity index (χ2n) is 7.40. The molecular weight excluding hydrogens is 469 g/mol. The van der Waals surface area contributed by atoms with E-state index in [0.717, 1.165) is 10.5 Å². The number of ether oxygens (including phenoxy) is 3. The predicted molar refractivity (Wildman–Crippen MR) is 120 cm³/mol. The van der Waals surface area contributed by atoms with Crippen LogP contribution in [0.5, 0.6) is 5.75 Å². The molecule has 0 saturated heterocycles. The van der Waals surface area contributed by atoms with Crippen molar-refractivity contribution < 1.29 is 28.6 Å². The van der Waals surface area contributed by atoms with Crippen LogP contribution in [0.1, 0.15) is 42.2 Å². The molecular formula is C24H15Cl2NO6. The minimum atomic E-state index is -0.657. The van der Waals surface area contributed by atoms with Gasteiger partial charge in [-0.1, -0.05) is 35.3 Å². The topological polar surface area (TPSA) is 82.1 Å². The quantitative estimate of drug-likeness (QED) is 0.382. The Morgan fingerprint density at radius 3 is 2.61 bits per heavy atom. The molecule has 0 spiro atoms. The summed E-state index contributed by atoms with van der Waals surface area (Å²) in [6.45, 7) is 0.357. The number of rotatable bonds is 4.